The molecule has 2 N–H and O–H groups in total. The van der Waals surface area contributed by atoms with Gasteiger partial charge in [0.1, 0.15) is 0 Å². The van der Waals surface area contributed by atoms with E-state index in [9.17, 15) is 4.79 Å². The van der Waals surface area contributed by atoms with Crippen molar-refractivity contribution in [1.29, 1.82) is 0 Å². The highest BCUT2D eigenvalue weighted by atomic mass is 16.4. The third-order valence-electron chi connectivity index (χ3n) is 3.60. The molecule has 0 saturated carbocycles. The topological polar surface area (TPSA) is 49.3 Å². The summed E-state index contributed by atoms with van der Waals surface area (Å²) in [6.45, 7) is 2.12. The Labute approximate surface area is 108 Å². The Hall–Kier alpha value is -1.35. The first-order valence-corrected chi connectivity index (χ1v) is 6.75. The van der Waals surface area contributed by atoms with Crippen molar-refractivity contribution in [3.8, 4) is 0 Å². The summed E-state index contributed by atoms with van der Waals surface area (Å²) in [6, 6.07) is 8.53. The van der Waals surface area contributed by atoms with Gasteiger partial charge in [-0.3, -0.25) is 4.79 Å². The lowest BCUT2D eigenvalue weighted by Crippen LogP contribution is -2.27. The fraction of sp³-hybridized carbons (Fsp3) is 0.533. The van der Waals surface area contributed by atoms with Crippen molar-refractivity contribution in [3.63, 3.8) is 0 Å². The third kappa shape index (κ3) is 4.49. The van der Waals surface area contributed by atoms with Crippen LogP contribution in [0.4, 0.5) is 0 Å². The largest absolute Gasteiger partial charge is 0.481 e. The predicted octanol–water partition coefficient (Wildman–Crippen LogP) is 2.44. The summed E-state index contributed by atoms with van der Waals surface area (Å²) in [7, 11) is 0. The van der Waals surface area contributed by atoms with Gasteiger partial charge in [-0.25, -0.2) is 0 Å². The molecule has 3 rings (SSSR count). The highest BCUT2D eigenvalue weighted by Crippen LogP contribution is 2.25. The maximum Gasteiger partial charge on any atom is 0.303 e. The summed E-state index contributed by atoms with van der Waals surface area (Å²) < 4.78 is 0. The number of fused-ring (bicyclic) bond motifs is 1. The van der Waals surface area contributed by atoms with E-state index >= 15 is 0 Å². The molecule has 0 spiro atoms. The van der Waals surface area contributed by atoms with Crippen LogP contribution in [0.25, 0.3) is 0 Å². The first kappa shape index (κ1) is 13.1. The van der Waals surface area contributed by atoms with Gasteiger partial charge in [-0.1, -0.05) is 24.3 Å². The monoisotopic (exact) mass is 247 g/mol. The van der Waals surface area contributed by atoms with Gasteiger partial charge in [0.25, 0.3) is 0 Å². The number of hydrogen-bond acceptors (Lipinski definition) is 2. The van der Waals surface area contributed by atoms with Gasteiger partial charge in [0.15, 0.2) is 0 Å². The van der Waals surface area contributed by atoms with Crippen molar-refractivity contribution in [3.05, 3.63) is 35.4 Å². The van der Waals surface area contributed by atoms with E-state index in [1.165, 1.54) is 17.5 Å². The molecule has 1 aliphatic carbocycles. The van der Waals surface area contributed by atoms with Crippen LogP contribution < -0.4 is 5.32 Å². The second-order valence-corrected chi connectivity index (χ2v) is 5.07. The quantitative estimate of drug-likeness (QED) is 0.876. The number of carbonyl (C=O) groups is 1. The molecule has 1 aromatic rings. The van der Waals surface area contributed by atoms with Gasteiger partial charge in [0, 0.05) is 6.42 Å². The zero-order chi connectivity index (χ0) is 12.8. The minimum absolute atomic E-state index is 0.338. The van der Waals surface area contributed by atoms with Crippen LogP contribution in [0, 0.1) is 5.92 Å². The van der Waals surface area contributed by atoms with Crippen molar-refractivity contribution >= 4 is 5.97 Å². The Morgan fingerprint density at radius 3 is 2.33 bits per heavy atom. The van der Waals surface area contributed by atoms with Crippen molar-refractivity contribution in [2.24, 2.45) is 5.92 Å². The summed E-state index contributed by atoms with van der Waals surface area (Å²) in [4.78, 5) is 10.2. The molecule has 0 amide bonds. The zero-order valence-corrected chi connectivity index (χ0v) is 10.7. The summed E-state index contributed by atoms with van der Waals surface area (Å²) in [6.07, 6.45) is 4.73. The predicted molar refractivity (Wildman–Crippen MR) is 71.7 cm³/mol. The molecule has 18 heavy (non-hydrogen) atoms. The molecule has 0 radical (unpaired) electrons. The third-order valence-corrected chi connectivity index (χ3v) is 3.60. The number of hydrogen-bond donors (Lipinski definition) is 2. The Morgan fingerprint density at radius 1 is 1.22 bits per heavy atom. The summed E-state index contributed by atoms with van der Waals surface area (Å²) in [5.41, 5.74) is 3.06. The van der Waals surface area contributed by atoms with E-state index in [0.29, 0.717) is 12.3 Å². The van der Waals surface area contributed by atoms with Gasteiger partial charge < -0.3 is 10.4 Å². The number of rotatable bonds is 3. The summed E-state index contributed by atoms with van der Waals surface area (Å²) >= 11 is 0. The van der Waals surface area contributed by atoms with Gasteiger partial charge >= 0.3 is 5.97 Å². The molecule has 1 fully saturated rings. The number of piperidine rings is 1. The number of carboxylic acids is 1. The lowest BCUT2D eigenvalue weighted by molar-refractivity contribution is -0.137. The van der Waals surface area contributed by atoms with Crippen LogP contribution in [-0.4, -0.2) is 24.2 Å². The van der Waals surface area contributed by atoms with Gasteiger partial charge in [-0.2, -0.15) is 0 Å². The van der Waals surface area contributed by atoms with Gasteiger partial charge in [-0.15, -0.1) is 0 Å². The summed E-state index contributed by atoms with van der Waals surface area (Å²) in [5, 5.41) is 11.7. The lowest BCUT2D eigenvalue weighted by atomic mass is 9.93. The standard InChI is InChI=1S/C8H15NO2.C7H6/c10-8(11)2-1-7-3-5-9-6-4-7;1-2-4-7-5-6(7)3-1/h7,9H,1-6H2,(H,10,11);1-4H,5H2. The van der Waals surface area contributed by atoms with Crippen molar-refractivity contribution in [2.75, 3.05) is 13.1 Å². The fourth-order valence-corrected chi connectivity index (χ4v) is 2.33. The molecule has 3 nitrogen and oxygen atoms in total. The molecular formula is C15H21NO2. The molecule has 1 heterocycles. The van der Waals surface area contributed by atoms with E-state index < -0.39 is 5.97 Å². The van der Waals surface area contributed by atoms with Crippen LogP contribution >= 0.6 is 0 Å². The number of aliphatic carboxylic acids is 1. The van der Waals surface area contributed by atoms with Gasteiger partial charge in [-0.05, 0) is 55.8 Å². The fourth-order valence-electron chi connectivity index (χ4n) is 2.33. The van der Waals surface area contributed by atoms with E-state index in [-0.39, 0.29) is 0 Å². The second-order valence-electron chi connectivity index (χ2n) is 5.07. The SMILES string of the molecule is O=C(O)CCC1CCNCC1.c1ccc2c(c1)C2. The molecule has 1 aromatic carbocycles. The first-order valence-electron chi connectivity index (χ1n) is 6.75. The van der Waals surface area contributed by atoms with Crippen LogP contribution in [0.3, 0.4) is 0 Å². The smallest absolute Gasteiger partial charge is 0.303 e. The van der Waals surface area contributed by atoms with E-state index in [0.717, 1.165) is 32.4 Å². The van der Waals surface area contributed by atoms with Crippen LogP contribution in [0.1, 0.15) is 36.8 Å². The molecule has 0 unspecified atom stereocenters. The normalized spacial score (nSPS) is 17.3. The molecule has 2 aliphatic rings. The molecule has 0 aromatic heterocycles. The minimum atomic E-state index is -0.663. The highest BCUT2D eigenvalue weighted by molar-refractivity contribution is 5.66. The number of benzene rings is 1. The van der Waals surface area contributed by atoms with E-state index in [2.05, 4.69) is 29.6 Å². The Kier molecular flexibility index (Phi) is 4.76. The van der Waals surface area contributed by atoms with Crippen LogP contribution in [0.15, 0.2) is 24.3 Å². The highest BCUT2D eigenvalue weighted by Gasteiger charge is 2.13. The molecule has 0 atom stereocenters. The molecule has 98 valence electrons. The van der Waals surface area contributed by atoms with Crippen LogP contribution in [0.5, 0.6) is 0 Å². The van der Waals surface area contributed by atoms with Crippen molar-refractivity contribution < 1.29 is 9.90 Å². The number of carboxylic acid groups (broad SMARTS) is 1. The van der Waals surface area contributed by atoms with Gasteiger partial charge in [0.2, 0.25) is 0 Å². The first-order chi connectivity index (χ1) is 8.75. The summed E-state index contributed by atoms with van der Waals surface area (Å²) in [5.74, 6) is -0.0177. The van der Waals surface area contributed by atoms with Crippen LogP contribution in [-0.2, 0) is 11.2 Å². The Bertz CT molecular complexity index is 376. The van der Waals surface area contributed by atoms with Crippen molar-refractivity contribution in [1.82, 2.24) is 5.32 Å². The lowest BCUT2D eigenvalue weighted by Gasteiger charge is -2.21. The van der Waals surface area contributed by atoms with E-state index in [4.69, 9.17) is 5.11 Å². The molecule has 0 bridgehead atoms. The molecule has 1 saturated heterocycles. The average molecular weight is 247 g/mol. The zero-order valence-electron chi connectivity index (χ0n) is 10.7. The average Bonchev–Trinajstić information content (AvgIpc) is 3.17. The van der Waals surface area contributed by atoms with Crippen LogP contribution in [0.2, 0.25) is 0 Å². The molecule has 1 aliphatic heterocycles. The molecule has 3 heteroatoms. The van der Waals surface area contributed by atoms with Gasteiger partial charge in [0.05, 0.1) is 0 Å². The minimum Gasteiger partial charge on any atom is -0.481 e. The van der Waals surface area contributed by atoms with Crippen molar-refractivity contribution in [2.45, 2.75) is 32.1 Å². The maximum absolute atomic E-state index is 10.2. The maximum atomic E-state index is 10.2. The van der Waals surface area contributed by atoms with E-state index in [1.54, 1.807) is 0 Å². The number of nitrogens with one attached hydrogen (secondary N) is 1. The van der Waals surface area contributed by atoms with E-state index in [1.807, 2.05) is 0 Å². The Morgan fingerprint density at radius 2 is 1.83 bits per heavy atom. The second kappa shape index (κ2) is 6.55. The molecular weight excluding hydrogens is 226 g/mol. The Balaban J connectivity index is 0.000000146.